The molecule has 5 rings (SSSR count). The summed E-state index contributed by atoms with van der Waals surface area (Å²) in [6.45, 7) is 6.17. The summed E-state index contributed by atoms with van der Waals surface area (Å²) in [6, 6.07) is 11.8. The number of ether oxygens (including phenoxy) is 2. The molecule has 2 aromatic heterocycles. The van der Waals surface area contributed by atoms with Crippen molar-refractivity contribution in [2.75, 3.05) is 18.6 Å². The van der Waals surface area contributed by atoms with Gasteiger partial charge in [0.05, 0.1) is 51.1 Å². The van der Waals surface area contributed by atoms with Gasteiger partial charge in [-0.3, -0.25) is 14.5 Å². The van der Waals surface area contributed by atoms with Crippen LogP contribution in [0.15, 0.2) is 53.8 Å². The van der Waals surface area contributed by atoms with Gasteiger partial charge in [-0.2, -0.15) is 0 Å². The molecule has 1 N–H and O–H groups in total. The van der Waals surface area contributed by atoms with Crippen LogP contribution in [0.2, 0.25) is 0 Å². The molecule has 0 radical (unpaired) electrons. The molecule has 8 nitrogen and oxygen atoms in total. The van der Waals surface area contributed by atoms with Gasteiger partial charge in [0.15, 0.2) is 10.9 Å². The Bertz CT molecular complexity index is 1540. The molecule has 1 amide bonds. The Hall–Kier alpha value is -3.76. The van der Waals surface area contributed by atoms with Crippen LogP contribution in [0, 0.1) is 13.8 Å². The van der Waals surface area contributed by atoms with E-state index in [9.17, 15) is 14.7 Å². The number of hydrogen-bond acceptors (Lipinski definition) is 9. The second-order valence-corrected chi connectivity index (χ2v) is 10.8. The first-order valence-corrected chi connectivity index (χ1v) is 13.4. The van der Waals surface area contributed by atoms with Gasteiger partial charge in [0.1, 0.15) is 11.5 Å². The molecule has 0 bridgehead atoms. The van der Waals surface area contributed by atoms with Gasteiger partial charge < -0.3 is 14.6 Å². The van der Waals surface area contributed by atoms with Crippen LogP contribution in [0.1, 0.15) is 45.3 Å². The van der Waals surface area contributed by atoms with E-state index < -0.39 is 23.5 Å². The summed E-state index contributed by atoms with van der Waals surface area (Å²) in [5, 5.41) is 12.2. The molecule has 0 fully saturated rings. The van der Waals surface area contributed by atoms with E-state index in [0.29, 0.717) is 44.9 Å². The lowest BCUT2D eigenvalue weighted by Gasteiger charge is -2.24. The number of aliphatic hydroxyl groups is 1. The standard InChI is InChI=1S/C27H25N3O5S2/c1-5-12-35-17-8-6-16(7-9-17)22-21(23(31)25-14(2)28-15(3)36-25)24(32)26(33)30(22)27-29-19-11-10-18(34-4)13-20(19)37-27/h6-11,13,22,32H,5,12H2,1-4H3. The Balaban J connectivity index is 1.63. The van der Waals surface area contributed by atoms with Crippen molar-refractivity contribution in [3.05, 3.63) is 74.9 Å². The summed E-state index contributed by atoms with van der Waals surface area (Å²) in [5.41, 5.74) is 1.91. The summed E-state index contributed by atoms with van der Waals surface area (Å²) in [7, 11) is 1.58. The molecular formula is C27H25N3O5S2. The van der Waals surface area contributed by atoms with Gasteiger partial charge in [-0.25, -0.2) is 9.97 Å². The monoisotopic (exact) mass is 535 g/mol. The van der Waals surface area contributed by atoms with Gasteiger partial charge in [-0.05, 0) is 56.2 Å². The third-order valence-corrected chi connectivity index (χ3v) is 8.11. The fraction of sp³-hybridized carbons (Fsp3) is 0.259. The molecule has 2 aromatic carbocycles. The van der Waals surface area contributed by atoms with Crippen molar-refractivity contribution in [3.8, 4) is 11.5 Å². The third-order valence-electron chi connectivity index (χ3n) is 6.02. The number of methoxy groups -OCH3 is 1. The lowest BCUT2D eigenvalue weighted by molar-refractivity contribution is -0.117. The van der Waals surface area contributed by atoms with Crippen molar-refractivity contribution in [3.63, 3.8) is 0 Å². The van der Waals surface area contributed by atoms with Crippen LogP contribution in [0.5, 0.6) is 11.5 Å². The van der Waals surface area contributed by atoms with Gasteiger partial charge in [0.25, 0.3) is 5.91 Å². The van der Waals surface area contributed by atoms with Gasteiger partial charge >= 0.3 is 0 Å². The van der Waals surface area contributed by atoms with Gasteiger partial charge in [0.2, 0.25) is 5.78 Å². The Labute approximate surface area is 221 Å². The number of ketones is 1. The molecular weight excluding hydrogens is 510 g/mol. The van der Waals surface area contributed by atoms with E-state index in [1.54, 1.807) is 32.2 Å². The second kappa shape index (κ2) is 9.95. The molecule has 0 saturated carbocycles. The third kappa shape index (κ3) is 4.47. The van der Waals surface area contributed by atoms with Gasteiger partial charge in [0, 0.05) is 0 Å². The molecule has 37 heavy (non-hydrogen) atoms. The summed E-state index contributed by atoms with van der Waals surface area (Å²) in [6.07, 6.45) is 0.873. The van der Waals surface area contributed by atoms with Gasteiger partial charge in [-0.15, -0.1) is 11.3 Å². The van der Waals surface area contributed by atoms with E-state index in [1.165, 1.54) is 27.6 Å². The van der Waals surface area contributed by atoms with E-state index in [0.717, 1.165) is 16.1 Å². The number of Topliss-reactive ketones (excluding diaryl/α,β-unsaturated/α-hetero) is 1. The summed E-state index contributed by atoms with van der Waals surface area (Å²) in [5.74, 6) is -0.324. The molecule has 1 atom stereocenters. The van der Waals surface area contributed by atoms with E-state index in [1.807, 2.05) is 38.1 Å². The number of benzene rings is 2. The molecule has 1 aliphatic heterocycles. The smallest absolute Gasteiger partial charge is 0.296 e. The van der Waals surface area contributed by atoms with E-state index in [4.69, 9.17) is 9.47 Å². The minimum absolute atomic E-state index is 0.0100. The van der Waals surface area contributed by atoms with Crippen molar-refractivity contribution in [1.29, 1.82) is 0 Å². The Morgan fingerprint density at radius 3 is 2.46 bits per heavy atom. The topological polar surface area (TPSA) is 102 Å². The highest BCUT2D eigenvalue weighted by atomic mass is 32.1. The van der Waals surface area contributed by atoms with Crippen LogP contribution in [0.3, 0.4) is 0 Å². The zero-order valence-corrected chi connectivity index (χ0v) is 22.4. The highest BCUT2D eigenvalue weighted by Gasteiger charge is 2.46. The van der Waals surface area contributed by atoms with Crippen LogP contribution in [-0.4, -0.2) is 40.5 Å². The fourth-order valence-corrected chi connectivity index (χ4v) is 6.20. The van der Waals surface area contributed by atoms with Gasteiger partial charge in [-0.1, -0.05) is 30.4 Å². The van der Waals surface area contributed by atoms with E-state index in [2.05, 4.69) is 9.97 Å². The number of aryl methyl sites for hydroxylation is 2. The number of fused-ring (bicyclic) bond motifs is 1. The van der Waals surface area contributed by atoms with Crippen molar-refractivity contribution >= 4 is 49.7 Å². The number of carbonyl (C=O) groups is 2. The molecule has 4 aromatic rings. The fourth-order valence-electron chi connectivity index (χ4n) is 4.30. The van der Waals surface area contributed by atoms with Crippen molar-refractivity contribution in [1.82, 2.24) is 9.97 Å². The molecule has 190 valence electrons. The molecule has 1 unspecified atom stereocenters. The van der Waals surface area contributed by atoms with E-state index >= 15 is 0 Å². The van der Waals surface area contributed by atoms with Crippen LogP contribution in [0.25, 0.3) is 10.2 Å². The van der Waals surface area contributed by atoms with Crippen LogP contribution in [0.4, 0.5) is 5.13 Å². The highest BCUT2D eigenvalue weighted by Crippen LogP contribution is 2.45. The zero-order valence-electron chi connectivity index (χ0n) is 20.8. The second-order valence-electron chi connectivity index (χ2n) is 8.56. The lowest BCUT2D eigenvalue weighted by Crippen LogP contribution is -2.31. The number of rotatable bonds is 8. The first-order chi connectivity index (χ1) is 17.8. The zero-order chi connectivity index (χ0) is 26.3. The largest absolute Gasteiger partial charge is 0.503 e. The van der Waals surface area contributed by atoms with Crippen molar-refractivity contribution in [2.45, 2.75) is 33.2 Å². The van der Waals surface area contributed by atoms with Crippen LogP contribution < -0.4 is 14.4 Å². The minimum atomic E-state index is -0.871. The normalized spacial score (nSPS) is 15.6. The van der Waals surface area contributed by atoms with Crippen molar-refractivity contribution < 1.29 is 24.2 Å². The summed E-state index contributed by atoms with van der Waals surface area (Å²) < 4.78 is 11.9. The number of nitrogens with zero attached hydrogens (tertiary/aromatic N) is 3. The Morgan fingerprint density at radius 1 is 1.08 bits per heavy atom. The number of carbonyl (C=O) groups excluding carboxylic acids is 2. The van der Waals surface area contributed by atoms with Crippen molar-refractivity contribution in [2.24, 2.45) is 0 Å². The summed E-state index contributed by atoms with van der Waals surface area (Å²) >= 11 is 2.53. The van der Waals surface area contributed by atoms with Crippen LogP contribution in [-0.2, 0) is 4.79 Å². The highest BCUT2D eigenvalue weighted by molar-refractivity contribution is 7.22. The molecule has 10 heteroatoms. The average molecular weight is 536 g/mol. The first-order valence-electron chi connectivity index (χ1n) is 11.7. The first kappa shape index (κ1) is 24.9. The quantitative estimate of drug-likeness (QED) is 0.278. The number of hydrogen-bond donors (Lipinski definition) is 1. The number of thiazole rings is 2. The Kier molecular flexibility index (Phi) is 6.70. The maximum Gasteiger partial charge on any atom is 0.296 e. The molecule has 3 heterocycles. The minimum Gasteiger partial charge on any atom is -0.503 e. The van der Waals surface area contributed by atoms with Crippen LogP contribution >= 0.6 is 22.7 Å². The SMILES string of the molecule is CCCOc1ccc(C2C(C(=O)c3sc(C)nc3C)=C(O)C(=O)N2c2nc3ccc(OC)cc3s2)cc1. The number of amides is 1. The average Bonchev–Trinajstić information content (AvgIpc) is 3.55. The number of anilines is 1. The molecule has 0 aliphatic carbocycles. The predicted molar refractivity (Wildman–Crippen MR) is 144 cm³/mol. The number of aromatic nitrogens is 2. The Morgan fingerprint density at radius 2 is 1.81 bits per heavy atom. The molecule has 0 spiro atoms. The molecule has 0 saturated heterocycles. The predicted octanol–water partition coefficient (Wildman–Crippen LogP) is 5.95. The maximum absolute atomic E-state index is 13.8. The maximum atomic E-state index is 13.8. The lowest BCUT2D eigenvalue weighted by atomic mass is 9.95. The molecule has 1 aliphatic rings. The number of aliphatic hydroxyl groups excluding tert-OH is 1. The van der Waals surface area contributed by atoms with E-state index in [-0.39, 0.29) is 5.57 Å². The summed E-state index contributed by atoms with van der Waals surface area (Å²) in [4.78, 5) is 38.1.